The molecule has 0 aromatic heterocycles. The van der Waals surface area contributed by atoms with Crippen molar-refractivity contribution in [1.29, 1.82) is 0 Å². The first-order chi connectivity index (χ1) is 11.3. The number of carbonyl (C=O) groups excluding carboxylic acids is 1. The van der Waals surface area contributed by atoms with Gasteiger partial charge in [-0.15, -0.1) is 0 Å². The second-order valence-corrected chi connectivity index (χ2v) is 5.22. The highest BCUT2D eigenvalue weighted by atomic mass is 19.4. The number of nitrogen functional groups attached to an aromatic ring is 1. The van der Waals surface area contributed by atoms with E-state index in [1.165, 1.54) is 25.3 Å². The summed E-state index contributed by atoms with van der Waals surface area (Å²) in [5, 5.41) is 0. The van der Waals surface area contributed by atoms with E-state index in [0.717, 1.165) is 4.90 Å². The van der Waals surface area contributed by atoms with Crippen molar-refractivity contribution in [3.05, 3.63) is 59.7 Å². The van der Waals surface area contributed by atoms with Crippen molar-refractivity contribution in [1.82, 2.24) is 4.90 Å². The van der Waals surface area contributed by atoms with Crippen molar-refractivity contribution in [2.75, 3.05) is 19.4 Å². The van der Waals surface area contributed by atoms with Crippen molar-refractivity contribution in [3.63, 3.8) is 0 Å². The molecule has 0 bridgehead atoms. The van der Waals surface area contributed by atoms with Gasteiger partial charge in [0, 0.05) is 18.3 Å². The number of nitrogens with two attached hydrogens (primary N) is 1. The molecule has 2 aromatic carbocycles. The van der Waals surface area contributed by atoms with Gasteiger partial charge in [-0.25, -0.2) is 0 Å². The molecule has 0 aliphatic carbocycles. The molecule has 7 heteroatoms. The number of halogens is 3. The van der Waals surface area contributed by atoms with Crippen LogP contribution < -0.4 is 10.5 Å². The van der Waals surface area contributed by atoms with Gasteiger partial charge in [-0.1, -0.05) is 30.3 Å². The zero-order chi connectivity index (χ0) is 17.7. The largest absolute Gasteiger partial charge is 0.496 e. The van der Waals surface area contributed by atoms with Crippen molar-refractivity contribution in [2.24, 2.45) is 0 Å². The number of carbonyl (C=O) groups is 1. The third kappa shape index (κ3) is 4.65. The van der Waals surface area contributed by atoms with E-state index < -0.39 is 18.6 Å². The van der Waals surface area contributed by atoms with E-state index in [4.69, 9.17) is 10.5 Å². The zero-order valence-corrected chi connectivity index (χ0v) is 13.0. The lowest BCUT2D eigenvalue weighted by molar-refractivity contribution is -0.141. The minimum absolute atomic E-state index is 0.0341. The van der Waals surface area contributed by atoms with Crippen molar-refractivity contribution in [3.8, 4) is 5.75 Å². The standard InChI is InChI=1S/C17H17F3N2O2/c1-24-15-9-13(21)7-8-14(15)16(23)22(11-17(18,19)20)10-12-5-3-2-4-6-12/h2-9H,10-11,21H2,1H3. The Hall–Kier alpha value is -2.70. The molecule has 0 saturated carbocycles. The number of methoxy groups -OCH3 is 1. The van der Waals surface area contributed by atoms with E-state index in [1.54, 1.807) is 30.3 Å². The Balaban J connectivity index is 2.34. The fourth-order valence-electron chi connectivity index (χ4n) is 2.27. The molecule has 0 radical (unpaired) electrons. The van der Waals surface area contributed by atoms with Crippen LogP contribution in [0.25, 0.3) is 0 Å². The monoisotopic (exact) mass is 338 g/mol. The van der Waals surface area contributed by atoms with E-state index in [9.17, 15) is 18.0 Å². The highest BCUT2D eigenvalue weighted by Crippen LogP contribution is 2.26. The second kappa shape index (κ2) is 7.25. The summed E-state index contributed by atoms with van der Waals surface area (Å²) in [5.74, 6) is -0.631. The molecule has 0 atom stereocenters. The Morgan fingerprint density at radius 3 is 2.42 bits per heavy atom. The quantitative estimate of drug-likeness (QED) is 0.849. The minimum Gasteiger partial charge on any atom is -0.496 e. The minimum atomic E-state index is -4.51. The van der Waals surface area contributed by atoms with Crippen LogP contribution in [0.15, 0.2) is 48.5 Å². The molecule has 0 saturated heterocycles. The van der Waals surface area contributed by atoms with Gasteiger partial charge >= 0.3 is 6.18 Å². The number of rotatable bonds is 5. The van der Waals surface area contributed by atoms with E-state index in [2.05, 4.69) is 0 Å². The third-order valence-electron chi connectivity index (χ3n) is 3.33. The predicted octanol–water partition coefficient (Wildman–Crippen LogP) is 3.48. The number of benzene rings is 2. The van der Waals surface area contributed by atoms with Gasteiger partial charge in [-0.3, -0.25) is 4.79 Å². The molecule has 2 rings (SSSR count). The highest BCUT2D eigenvalue weighted by molar-refractivity contribution is 5.97. The summed E-state index contributed by atoms with van der Waals surface area (Å²) in [5.41, 5.74) is 6.61. The Labute approximate surface area is 137 Å². The molecule has 2 aromatic rings. The van der Waals surface area contributed by atoms with Gasteiger partial charge in [0.2, 0.25) is 0 Å². The molecular formula is C17H17F3N2O2. The van der Waals surface area contributed by atoms with Gasteiger partial charge in [0.1, 0.15) is 12.3 Å². The lowest BCUT2D eigenvalue weighted by atomic mass is 10.1. The van der Waals surface area contributed by atoms with Crippen LogP contribution in [-0.2, 0) is 6.54 Å². The molecule has 0 spiro atoms. The Morgan fingerprint density at radius 1 is 1.17 bits per heavy atom. The maximum absolute atomic E-state index is 12.9. The summed E-state index contributed by atoms with van der Waals surface area (Å²) >= 11 is 0. The maximum atomic E-state index is 12.9. The van der Waals surface area contributed by atoms with Gasteiger partial charge in [0.15, 0.2) is 0 Å². The lowest BCUT2D eigenvalue weighted by Gasteiger charge is -2.25. The topological polar surface area (TPSA) is 55.6 Å². The zero-order valence-electron chi connectivity index (χ0n) is 13.0. The van der Waals surface area contributed by atoms with E-state index in [0.29, 0.717) is 11.3 Å². The summed E-state index contributed by atoms with van der Waals surface area (Å²) in [6.45, 7) is -1.51. The number of ether oxygens (including phenoxy) is 1. The Kier molecular flexibility index (Phi) is 5.33. The lowest BCUT2D eigenvalue weighted by Crippen LogP contribution is -2.38. The van der Waals surface area contributed by atoms with Crippen LogP contribution in [0, 0.1) is 0 Å². The number of amides is 1. The SMILES string of the molecule is COc1cc(N)ccc1C(=O)N(Cc1ccccc1)CC(F)(F)F. The number of nitrogens with zero attached hydrogens (tertiary/aromatic N) is 1. The first kappa shape index (κ1) is 17.7. The molecule has 0 aliphatic rings. The summed E-state index contributed by atoms with van der Waals surface area (Å²) in [6.07, 6.45) is -4.51. The van der Waals surface area contributed by atoms with Crippen LogP contribution in [0.4, 0.5) is 18.9 Å². The first-order valence-corrected chi connectivity index (χ1v) is 7.13. The molecule has 0 fully saturated rings. The Morgan fingerprint density at radius 2 is 1.83 bits per heavy atom. The Bertz CT molecular complexity index is 703. The van der Waals surface area contributed by atoms with Crippen molar-refractivity contribution in [2.45, 2.75) is 12.7 Å². The molecule has 4 nitrogen and oxygen atoms in total. The number of hydrogen-bond donors (Lipinski definition) is 1. The molecule has 0 heterocycles. The molecule has 24 heavy (non-hydrogen) atoms. The number of anilines is 1. The summed E-state index contributed by atoms with van der Waals surface area (Å²) in [4.78, 5) is 13.4. The van der Waals surface area contributed by atoms with Crippen LogP contribution in [0.3, 0.4) is 0 Å². The van der Waals surface area contributed by atoms with Crippen LogP contribution in [0.5, 0.6) is 5.75 Å². The predicted molar refractivity (Wildman–Crippen MR) is 84.6 cm³/mol. The van der Waals surface area contributed by atoms with Crippen LogP contribution in [-0.4, -0.2) is 30.6 Å². The third-order valence-corrected chi connectivity index (χ3v) is 3.33. The summed E-state index contributed by atoms with van der Waals surface area (Å²) in [7, 11) is 1.33. The highest BCUT2D eigenvalue weighted by Gasteiger charge is 2.34. The van der Waals surface area contributed by atoms with Gasteiger partial charge in [0.25, 0.3) is 5.91 Å². The normalized spacial score (nSPS) is 11.2. The van der Waals surface area contributed by atoms with E-state index >= 15 is 0 Å². The second-order valence-electron chi connectivity index (χ2n) is 5.22. The van der Waals surface area contributed by atoms with Gasteiger partial charge in [-0.2, -0.15) is 13.2 Å². The van der Waals surface area contributed by atoms with Crippen molar-refractivity contribution < 1.29 is 22.7 Å². The fraction of sp³-hybridized carbons (Fsp3) is 0.235. The molecule has 1 amide bonds. The summed E-state index contributed by atoms with van der Waals surface area (Å²) < 4.78 is 43.7. The smallest absolute Gasteiger partial charge is 0.406 e. The number of hydrogen-bond acceptors (Lipinski definition) is 3. The van der Waals surface area contributed by atoms with E-state index in [-0.39, 0.29) is 17.9 Å². The molecule has 128 valence electrons. The van der Waals surface area contributed by atoms with Gasteiger partial charge in [0.05, 0.1) is 12.7 Å². The molecule has 2 N–H and O–H groups in total. The van der Waals surface area contributed by atoms with E-state index in [1.807, 2.05) is 0 Å². The summed E-state index contributed by atoms with van der Waals surface area (Å²) in [6, 6.07) is 12.7. The van der Waals surface area contributed by atoms with Crippen LogP contribution in [0.2, 0.25) is 0 Å². The average molecular weight is 338 g/mol. The fourth-order valence-corrected chi connectivity index (χ4v) is 2.27. The molecule has 0 unspecified atom stereocenters. The first-order valence-electron chi connectivity index (χ1n) is 7.13. The molecular weight excluding hydrogens is 321 g/mol. The van der Waals surface area contributed by atoms with Gasteiger partial charge < -0.3 is 15.4 Å². The average Bonchev–Trinajstić information content (AvgIpc) is 2.53. The van der Waals surface area contributed by atoms with Crippen LogP contribution in [0.1, 0.15) is 15.9 Å². The maximum Gasteiger partial charge on any atom is 0.406 e. The number of alkyl halides is 3. The van der Waals surface area contributed by atoms with Crippen molar-refractivity contribution >= 4 is 11.6 Å². The van der Waals surface area contributed by atoms with Gasteiger partial charge in [-0.05, 0) is 17.7 Å². The van der Waals surface area contributed by atoms with Crippen LogP contribution >= 0.6 is 0 Å². The molecule has 0 aliphatic heterocycles.